The molecule has 25 heavy (non-hydrogen) atoms. The number of hydrogen-bond acceptors (Lipinski definition) is 2. The summed E-state index contributed by atoms with van der Waals surface area (Å²) in [4.78, 5) is 12.9. The van der Waals surface area contributed by atoms with E-state index in [4.69, 9.17) is 4.74 Å². The third kappa shape index (κ3) is 2.72. The molecule has 0 aliphatic heterocycles. The van der Waals surface area contributed by atoms with Gasteiger partial charge in [-0.05, 0) is 29.8 Å². The number of rotatable bonds is 4. The maximum atomic E-state index is 12.9. The number of methoxy groups -OCH3 is 1. The van der Waals surface area contributed by atoms with Crippen LogP contribution < -0.4 is 10.1 Å². The summed E-state index contributed by atoms with van der Waals surface area (Å²) in [6.45, 7) is 0.501. The lowest BCUT2D eigenvalue weighted by atomic mass is 10.1. The average Bonchev–Trinajstić information content (AvgIpc) is 3.00. The highest BCUT2D eigenvalue weighted by molar-refractivity contribution is 6.14. The van der Waals surface area contributed by atoms with Crippen LogP contribution in [-0.4, -0.2) is 17.4 Å². The molecule has 4 nitrogen and oxygen atoms in total. The number of hydrogen-bond donors (Lipinski definition) is 1. The molecule has 1 amide bonds. The van der Waals surface area contributed by atoms with Crippen LogP contribution in [0.25, 0.3) is 16.4 Å². The molecular weight excluding hydrogens is 312 g/mol. The minimum atomic E-state index is -0.0762. The Morgan fingerprint density at radius 3 is 2.60 bits per heavy atom. The molecule has 2 aromatic carbocycles. The van der Waals surface area contributed by atoms with Crippen LogP contribution in [0, 0.1) is 0 Å². The number of carbonyl (C=O) groups is 1. The number of pyridine rings is 1. The predicted octanol–water partition coefficient (Wildman–Crippen LogP) is 4.03. The van der Waals surface area contributed by atoms with Crippen LogP contribution in [-0.2, 0) is 6.54 Å². The maximum absolute atomic E-state index is 12.9. The van der Waals surface area contributed by atoms with E-state index in [1.54, 1.807) is 7.11 Å². The molecule has 0 aliphatic carbocycles. The van der Waals surface area contributed by atoms with Crippen molar-refractivity contribution in [2.45, 2.75) is 6.54 Å². The zero-order valence-corrected chi connectivity index (χ0v) is 13.9. The molecule has 0 saturated carbocycles. The zero-order valence-electron chi connectivity index (χ0n) is 13.9. The fourth-order valence-corrected chi connectivity index (χ4v) is 3.15. The molecule has 0 saturated heterocycles. The van der Waals surface area contributed by atoms with Gasteiger partial charge in [0.1, 0.15) is 5.75 Å². The van der Waals surface area contributed by atoms with Gasteiger partial charge in [-0.1, -0.05) is 36.4 Å². The van der Waals surface area contributed by atoms with Gasteiger partial charge in [-0.2, -0.15) is 0 Å². The number of nitrogens with one attached hydrogen (secondary N) is 1. The van der Waals surface area contributed by atoms with E-state index in [-0.39, 0.29) is 5.91 Å². The standard InChI is InChI=1S/C21H18N2O2/c1-25-16-10-11-17-19(13-16)23-12-6-5-9-18(23)20(17)21(24)22-14-15-7-3-2-4-8-15/h2-13H,14H2,1H3,(H,22,24). The topological polar surface area (TPSA) is 42.7 Å². The van der Waals surface area contributed by atoms with Gasteiger partial charge in [0.25, 0.3) is 5.91 Å². The monoisotopic (exact) mass is 330 g/mol. The maximum Gasteiger partial charge on any atom is 0.254 e. The summed E-state index contributed by atoms with van der Waals surface area (Å²) in [6.07, 6.45) is 1.96. The van der Waals surface area contributed by atoms with Gasteiger partial charge in [-0.25, -0.2) is 0 Å². The summed E-state index contributed by atoms with van der Waals surface area (Å²) >= 11 is 0. The van der Waals surface area contributed by atoms with E-state index in [0.717, 1.165) is 27.7 Å². The first-order valence-corrected chi connectivity index (χ1v) is 8.17. The fraction of sp³-hybridized carbons (Fsp3) is 0.0952. The van der Waals surface area contributed by atoms with Crippen molar-refractivity contribution in [1.82, 2.24) is 9.72 Å². The van der Waals surface area contributed by atoms with Crippen molar-refractivity contribution in [3.8, 4) is 5.75 Å². The molecule has 0 fully saturated rings. The van der Waals surface area contributed by atoms with Crippen molar-refractivity contribution in [2.24, 2.45) is 0 Å². The van der Waals surface area contributed by atoms with Crippen LogP contribution >= 0.6 is 0 Å². The van der Waals surface area contributed by atoms with E-state index >= 15 is 0 Å². The molecule has 0 atom stereocenters. The zero-order chi connectivity index (χ0) is 17.2. The van der Waals surface area contributed by atoms with Crippen molar-refractivity contribution < 1.29 is 9.53 Å². The third-order valence-electron chi connectivity index (χ3n) is 4.37. The molecule has 0 aliphatic rings. The number of fused-ring (bicyclic) bond motifs is 3. The van der Waals surface area contributed by atoms with Gasteiger partial charge >= 0.3 is 0 Å². The van der Waals surface area contributed by atoms with Crippen molar-refractivity contribution >= 4 is 22.3 Å². The lowest BCUT2D eigenvalue weighted by molar-refractivity contribution is 0.0954. The molecule has 4 aromatic rings. The molecule has 0 spiro atoms. The van der Waals surface area contributed by atoms with Gasteiger partial charge < -0.3 is 14.5 Å². The molecule has 0 radical (unpaired) electrons. The first-order valence-electron chi connectivity index (χ1n) is 8.17. The highest BCUT2D eigenvalue weighted by atomic mass is 16.5. The van der Waals surface area contributed by atoms with Crippen molar-refractivity contribution in [3.05, 3.63) is 84.1 Å². The molecule has 4 heteroatoms. The second-order valence-corrected chi connectivity index (χ2v) is 5.88. The Morgan fingerprint density at radius 1 is 1.00 bits per heavy atom. The number of ether oxygens (including phenoxy) is 1. The van der Waals surface area contributed by atoms with Gasteiger partial charge in [0.15, 0.2) is 0 Å². The molecule has 1 N–H and O–H groups in total. The third-order valence-corrected chi connectivity index (χ3v) is 4.37. The minimum absolute atomic E-state index is 0.0762. The van der Waals surface area contributed by atoms with Crippen molar-refractivity contribution in [3.63, 3.8) is 0 Å². The summed E-state index contributed by atoms with van der Waals surface area (Å²) in [5.41, 5.74) is 3.61. The molecule has 2 heterocycles. The van der Waals surface area contributed by atoms with Crippen LogP contribution in [0.5, 0.6) is 5.75 Å². The molecule has 4 rings (SSSR count). The van der Waals surface area contributed by atoms with Crippen molar-refractivity contribution in [1.29, 1.82) is 0 Å². The molecule has 0 bridgehead atoms. The quantitative estimate of drug-likeness (QED) is 0.614. The van der Waals surface area contributed by atoms with E-state index in [1.165, 1.54) is 0 Å². The summed E-state index contributed by atoms with van der Waals surface area (Å²) in [5, 5.41) is 3.95. The lowest BCUT2D eigenvalue weighted by Crippen LogP contribution is -2.22. The summed E-state index contributed by atoms with van der Waals surface area (Å²) < 4.78 is 7.36. The van der Waals surface area contributed by atoms with Gasteiger partial charge in [0.2, 0.25) is 0 Å². The van der Waals surface area contributed by atoms with Gasteiger partial charge in [0.05, 0.1) is 23.7 Å². The Kier molecular flexibility index (Phi) is 3.86. The second-order valence-electron chi connectivity index (χ2n) is 5.88. The number of benzene rings is 2. The van der Waals surface area contributed by atoms with Gasteiger partial charge in [-0.3, -0.25) is 4.79 Å². The lowest BCUT2D eigenvalue weighted by Gasteiger charge is -2.05. The van der Waals surface area contributed by atoms with E-state index in [0.29, 0.717) is 12.1 Å². The van der Waals surface area contributed by atoms with E-state index in [9.17, 15) is 4.79 Å². The fourth-order valence-electron chi connectivity index (χ4n) is 3.15. The Balaban J connectivity index is 1.78. The number of amides is 1. The van der Waals surface area contributed by atoms with E-state index in [1.807, 2.05) is 77.3 Å². The highest BCUT2D eigenvalue weighted by Crippen LogP contribution is 2.29. The normalized spacial score (nSPS) is 10.9. The van der Waals surface area contributed by atoms with Crippen LogP contribution in [0.2, 0.25) is 0 Å². The van der Waals surface area contributed by atoms with Gasteiger partial charge in [0, 0.05) is 24.2 Å². The Hall–Kier alpha value is -3.27. The van der Waals surface area contributed by atoms with E-state index < -0.39 is 0 Å². The largest absolute Gasteiger partial charge is 0.497 e. The molecule has 124 valence electrons. The SMILES string of the molecule is COc1ccc2c(C(=O)NCc3ccccc3)c3ccccn3c2c1. The molecular formula is C21H18N2O2. The number of carbonyl (C=O) groups excluding carboxylic acids is 1. The minimum Gasteiger partial charge on any atom is -0.497 e. The summed E-state index contributed by atoms with van der Waals surface area (Å²) in [6, 6.07) is 21.6. The second kappa shape index (κ2) is 6.32. The van der Waals surface area contributed by atoms with Crippen molar-refractivity contribution in [2.75, 3.05) is 7.11 Å². The Morgan fingerprint density at radius 2 is 1.80 bits per heavy atom. The van der Waals surface area contributed by atoms with Crippen LogP contribution in [0.15, 0.2) is 72.9 Å². The molecule has 2 aromatic heterocycles. The Bertz CT molecular complexity index is 1050. The van der Waals surface area contributed by atoms with Crippen LogP contribution in [0.4, 0.5) is 0 Å². The van der Waals surface area contributed by atoms with Gasteiger partial charge in [-0.15, -0.1) is 0 Å². The summed E-state index contributed by atoms with van der Waals surface area (Å²) in [7, 11) is 1.64. The molecule has 0 unspecified atom stereocenters. The first-order chi connectivity index (χ1) is 12.3. The summed E-state index contributed by atoms with van der Waals surface area (Å²) in [5.74, 6) is 0.694. The first kappa shape index (κ1) is 15.3. The number of nitrogens with zero attached hydrogens (tertiary/aromatic N) is 1. The highest BCUT2D eigenvalue weighted by Gasteiger charge is 2.18. The number of aromatic nitrogens is 1. The average molecular weight is 330 g/mol. The smallest absolute Gasteiger partial charge is 0.254 e. The van der Waals surface area contributed by atoms with Crippen LogP contribution in [0.1, 0.15) is 15.9 Å². The van der Waals surface area contributed by atoms with Crippen LogP contribution in [0.3, 0.4) is 0 Å². The Labute approximate surface area is 145 Å². The predicted molar refractivity (Wildman–Crippen MR) is 99.1 cm³/mol. The van der Waals surface area contributed by atoms with E-state index in [2.05, 4.69) is 5.32 Å².